The fraction of sp³-hybridized carbons (Fsp3) is 0.250. The van der Waals surface area contributed by atoms with Gasteiger partial charge in [-0.15, -0.1) is 13.2 Å². The Balaban J connectivity index is 2.89. The molecule has 0 amide bonds. The highest BCUT2D eigenvalue weighted by Crippen LogP contribution is 2.31. The fourth-order valence-corrected chi connectivity index (χ4v) is 1.08. The highest BCUT2D eigenvalue weighted by Gasteiger charge is 2.31. The van der Waals surface area contributed by atoms with Crippen molar-refractivity contribution in [3.05, 3.63) is 23.2 Å². The number of rotatable bonds is 2. The topological polar surface area (TPSA) is 21.3 Å². The van der Waals surface area contributed by atoms with Crippen LogP contribution in [0.1, 0.15) is 0 Å². The summed E-state index contributed by atoms with van der Waals surface area (Å²) < 4.78 is 39.1. The molecular weight excluding hydrogens is 219 g/mol. The monoisotopic (exact) mass is 225 g/mol. The number of nitrogens with one attached hydrogen (secondary N) is 1. The van der Waals surface area contributed by atoms with E-state index in [-0.39, 0.29) is 5.02 Å². The smallest absolute Gasteiger partial charge is 0.404 e. The molecule has 0 fully saturated rings. The second-order valence-electron chi connectivity index (χ2n) is 2.44. The van der Waals surface area contributed by atoms with Crippen LogP contribution >= 0.6 is 11.6 Å². The lowest BCUT2D eigenvalue weighted by molar-refractivity contribution is -0.274. The second kappa shape index (κ2) is 3.96. The Morgan fingerprint density at radius 3 is 2.43 bits per heavy atom. The third-order valence-electron chi connectivity index (χ3n) is 1.45. The summed E-state index contributed by atoms with van der Waals surface area (Å²) in [6.45, 7) is 0. The first-order chi connectivity index (χ1) is 6.42. The Labute approximate surface area is 83.6 Å². The lowest BCUT2D eigenvalue weighted by Gasteiger charge is -2.10. The molecule has 0 saturated heterocycles. The molecule has 0 unspecified atom stereocenters. The van der Waals surface area contributed by atoms with Gasteiger partial charge < -0.3 is 10.1 Å². The van der Waals surface area contributed by atoms with Gasteiger partial charge in [-0.2, -0.15) is 0 Å². The van der Waals surface area contributed by atoms with Crippen LogP contribution in [0.25, 0.3) is 0 Å². The van der Waals surface area contributed by atoms with Crippen LogP contribution in [-0.4, -0.2) is 13.4 Å². The molecule has 0 aliphatic heterocycles. The summed E-state index contributed by atoms with van der Waals surface area (Å²) in [6, 6.07) is 3.94. The van der Waals surface area contributed by atoms with Crippen molar-refractivity contribution in [3.63, 3.8) is 0 Å². The van der Waals surface area contributed by atoms with Gasteiger partial charge in [-0.1, -0.05) is 11.6 Å². The van der Waals surface area contributed by atoms with Gasteiger partial charge >= 0.3 is 6.36 Å². The predicted molar refractivity (Wildman–Crippen MR) is 47.7 cm³/mol. The summed E-state index contributed by atoms with van der Waals surface area (Å²) in [4.78, 5) is 0. The lowest BCUT2D eigenvalue weighted by Crippen LogP contribution is -2.17. The normalized spacial score (nSPS) is 11.2. The van der Waals surface area contributed by atoms with Gasteiger partial charge in [0.1, 0.15) is 5.75 Å². The standard InChI is InChI=1S/C8H7ClF3NO/c1-13-5-2-3-7(6(9)4-5)14-8(10,11)12/h2-4,13H,1H3. The first-order valence-corrected chi connectivity index (χ1v) is 4.03. The molecule has 0 bridgehead atoms. The third-order valence-corrected chi connectivity index (χ3v) is 1.74. The SMILES string of the molecule is CNc1ccc(OC(F)(F)F)c(Cl)c1. The Bertz CT molecular complexity index is 327. The molecule has 0 radical (unpaired) electrons. The van der Waals surface area contributed by atoms with Crippen molar-refractivity contribution in [2.75, 3.05) is 12.4 Å². The molecule has 0 spiro atoms. The number of halogens is 4. The number of ether oxygens (including phenoxy) is 1. The largest absolute Gasteiger partial charge is 0.573 e. The summed E-state index contributed by atoms with van der Waals surface area (Å²) in [6.07, 6.45) is -4.72. The Kier molecular flexibility index (Phi) is 3.10. The van der Waals surface area contributed by atoms with Crippen LogP contribution < -0.4 is 10.1 Å². The number of benzene rings is 1. The maximum absolute atomic E-state index is 11.8. The quantitative estimate of drug-likeness (QED) is 0.834. The third kappa shape index (κ3) is 2.99. The zero-order chi connectivity index (χ0) is 10.8. The zero-order valence-corrected chi connectivity index (χ0v) is 7.91. The molecule has 0 atom stereocenters. The van der Waals surface area contributed by atoms with E-state index in [9.17, 15) is 13.2 Å². The molecule has 78 valence electrons. The Morgan fingerprint density at radius 2 is 2.00 bits per heavy atom. The molecule has 1 aromatic rings. The van der Waals surface area contributed by atoms with Crippen LogP contribution in [0.2, 0.25) is 5.02 Å². The average Bonchev–Trinajstić information content (AvgIpc) is 2.06. The van der Waals surface area contributed by atoms with Gasteiger partial charge in [0.15, 0.2) is 0 Å². The minimum absolute atomic E-state index is 0.0887. The highest BCUT2D eigenvalue weighted by molar-refractivity contribution is 6.32. The molecule has 1 rings (SSSR count). The van der Waals surface area contributed by atoms with E-state index in [4.69, 9.17) is 11.6 Å². The number of hydrogen-bond acceptors (Lipinski definition) is 2. The van der Waals surface area contributed by atoms with Gasteiger partial charge in [-0.3, -0.25) is 0 Å². The summed E-state index contributed by atoms with van der Waals surface area (Å²) in [5.41, 5.74) is 0.615. The first-order valence-electron chi connectivity index (χ1n) is 3.65. The lowest BCUT2D eigenvalue weighted by atomic mass is 10.3. The minimum Gasteiger partial charge on any atom is -0.404 e. The molecule has 0 heterocycles. The van der Waals surface area contributed by atoms with Gasteiger partial charge in [-0.25, -0.2) is 0 Å². The maximum Gasteiger partial charge on any atom is 0.573 e. The molecule has 2 nitrogen and oxygen atoms in total. The van der Waals surface area contributed by atoms with Crippen molar-refractivity contribution in [2.45, 2.75) is 6.36 Å². The van der Waals surface area contributed by atoms with Crippen LogP contribution in [0.5, 0.6) is 5.75 Å². The molecule has 0 aliphatic rings. The van der Waals surface area contributed by atoms with Crippen LogP contribution in [-0.2, 0) is 0 Å². The molecule has 1 N–H and O–H groups in total. The molecule has 0 aliphatic carbocycles. The second-order valence-corrected chi connectivity index (χ2v) is 2.85. The average molecular weight is 226 g/mol. The maximum atomic E-state index is 11.8. The predicted octanol–water partition coefficient (Wildman–Crippen LogP) is 3.28. The molecule has 1 aromatic carbocycles. The Hall–Kier alpha value is -1.10. The van der Waals surface area contributed by atoms with Gasteiger partial charge in [-0.05, 0) is 18.2 Å². The number of alkyl halides is 3. The van der Waals surface area contributed by atoms with E-state index in [2.05, 4.69) is 10.1 Å². The van der Waals surface area contributed by atoms with E-state index < -0.39 is 12.1 Å². The number of hydrogen-bond donors (Lipinski definition) is 1. The van der Waals surface area contributed by atoms with E-state index in [1.807, 2.05) is 0 Å². The highest BCUT2D eigenvalue weighted by atomic mass is 35.5. The van der Waals surface area contributed by atoms with Crippen molar-refractivity contribution >= 4 is 17.3 Å². The van der Waals surface area contributed by atoms with E-state index >= 15 is 0 Å². The van der Waals surface area contributed by atoms with Crippen LogP contribution in [0.3, 0.4) is 0 Å². The first kappa shape index (κ1) is 11.0. The van der Waals surface area contributed by atoms with Gasteiger partial charge in [0.2, 0.25) is 0 Å². The zero-order valence-electron chi connectivity index (χ0n) is 7.15. The van der Waals surface area contributed by atoms with Crippen molar-refractivity contribution in [1.82, 2.24) is 0 Å². The van der Waals surface area contributed by atoms with Crippen molar-refractivity contribution < 1.29 is 17.9 Å². The Morgan fingerprint density at radius 1 is 1.36 bits per heavy atom. The summed E-state index contributed by atoms with van der Waals surface area (Å²) in [5, 5.41) is 2.65. The van der Waals surface area contributed by atoms with E-state index in [0.29, 0.717) is 5.69 Å². The molecule has 6 heteroatoms. The molecule has 14 heavy (non-hydrogen) atoms. The van der Waals surface area contributed by atoms with Crippen molar-refractivity contribution in [1.29, 1.82) is 0 Å². The summed E-state index contributed by atoms with van der Waals surface area (Å²) >= 11 is 5.55. The molecular formula is C8H7ClF3NO. The van der Waals surface area contributed by atoms with Crippen LogP contribution in [0, 0.1) is 0 Å². The molecule has 0 saturated carbocycles. The fourth-order valence-electron chi connectivity index (χ4n) is 0.864. The summed E-state index contributed by atoms with van der Waals surface area (Å²) in [7, 11) is 1.63. The molecule has 0 aromatic heterocycles. The van der Waals surface area contributed by atoms with E-state index in [0.717, 1.165) is 6.07 Å². The minimum atomic E-state index is -4.72. The van der Waals surface area contributed by atoms with E-state index in [1.165, 1.54) is 12.1 Å². The van der Waals surface area contributed by atoms with Crippen molar-refractivity contribution in [2.24, 2.45) is 0 Å². The van der Waals surface area contributed by atoms with Crippen LogP contribution in [0.4, 0.5) is 18.9 Å². The van der Waals surface area contributed by atoms with Gasteiger partial charge in [0.25, 0.3) is 0 Å². The van der Waals surface area contributed by atoms with Gasteiger partial charge in [0, 0.05) is 12.7 Å². The van der Waals surface area contributed by atoms with Gasteiger partial charge in [0.05, 0.1) is 5.02 Å². The van der Waals surface area contributed by atoms with Crippen LogP contribution in [0.15, 0.2) is 18.2 Å². The summed E-state index contributed by atoms with van der Waals surface area (Å²) in [5.74, 6) is -0.404. The van der Waals surface area contributed by atoms with Crippen molar-refractivity contribution in [3.8, 4) is 5.75 Å². The number of anilines is 1. The van der Waals surface area contributed by atoms with E-state index in [1.54, 1.807) is 7.05 Å².